The number of carbonyl (C=O) groups excluding carboxylic acids is 1. The Kier molecular flexibility index (Phi) is 4.03. The molecule has 1 fully saturated rings. The Balaban J connectivity index is 1.65. The van der Waals surface area contributed by atoms with Gasteiger partial charge in [0.25, 0.3) is 0 Å². The molecule has 1 amide bonds. The number of aryl methyl sites for hydroxylation is 1. The molecule has 0 saturated carbocycles. The third-order valence-electron chi connectivity index (χ3n) is 4.43. The molecule has 108 valence electrons. The monoisotopic (exact) mass is 274 g/mol. The van der Waals surface area contributed by atoms with Crippen LogP contribution in [-0.4, -0.2) is 31.7 Å². The predicted octanol–water partition coefficient (Wildman–Crippen LogP) is 1.56. The molecule has 1 aromatic carbocycles. The Hall–Kier alpha value is -1.39. The molecule has 4 heteroatoms. The normalized spacial score (nSPS) is 28.9. The molecule has 1 heterocycles. The van der Waals surface area contributed by atoms with Crippen LogP contribution in [0.5, 0.6) is 0 Å². The van der Waals surface area contributed by atoms with Crippen molar-refractivity contribution in [1.82, 2.24) is 10.6 Å². The van der Waals surface area contributed by atoms with Crippen LogP contribution in [0, 0.1) is 0 Å². The molecule has 1 aliphatic carbocycles. The van der Waals surface area contributed by atoms with Crippen LogP contribution in [-0.2, 0) is 16.0 Å². The zero-order chi connectivity index (χ0) is 13.9. The maximum Gasteiger partial charge on any atom is 0.237 e. The van der Waals surface area contributed by atoms with E-state index in [9.17, 15) is 4.79 Å². The maximum atomic E-state index is 12.4. The summed E-state index contributed by atoms with van der Waals surface area (Å²) in [6, 6.07) is 8.48. The molecule has 3 atom stereocenters. The Bertz CT molecular complexity index is 489. The van der Waals surface area contributed by atoms with E-state index in [0.717, 1.165) is 32.2 Å². The first-order valence-electron chi connectivity index (χ1n) is 7.42. The van der Waals surface area contributed by atoms with Crippen molar-refractivity contribution in [3.63, 3.8) is 0 Å². The van der Waals surface area contributed by atoms with Crippen LogP contribution in [0.3, 0.4) is 0 Å². The van der Waals surface area contributed by atoms with E-state index in [4.69, 9.17) is 4.74 Å². The molecule has 20 heavy (non-hydrogen) atoms. The molecule has 2 N–H and O–H groups in total. The summed E-state index contributed by atoms with van der Waals surface area (Å²) in [4.78, 5) is 12.4. The van der Waals surface area contributed by atoms with Gasteiger partial charge in [0, 0.05) is 13.7 Å². The number of benzene rings is 1. The quantitative estimate of drug-likeness (QED) is 0.879. The van der Waals surface area contributed by atoms with E-state index in [2.05, 4.69) is 34.9 Å². The highest BCUT2D eigenvalue weighted by molar-refractivity contribution is 5.82. The van der Waals surface area contributed by atoms with Crippen LogP contribution in [0.4, 0.5) is 0 Å². The van der Waals surface area contributed by atoms with Gasteiger partial charge >= 0.3 is 0 Å². The zero-order valence-corrected chi connectivity index (χ0v) is 11.9. The fourth-order valence-corrected chi connectivity index (χ4v) is 3.26. The lowest BCUT2D eigenvalue weighted by Crippen LogP contribution is -2.42. The lowest BCUT2D eigenvalue weighted by atomic mass is 9.87. The molecule has 0 bridgehead atoms. The summed E-state index contributed by atoms with van der Waals surface area (Å²) < 4.78 is 5.30. The number of rotatable bonds is 3. The van der Waals surface area contributed by atoms with Crippen LogP contribution in [0.2, 0.25) is 0 Å². The van der Waals surface area contributed by atoms with E-state index in [0.29, 0.717) is 0 Å². The minimum absolute atomic E-state index is 0.103. The molecular formula is C16H22N2O2. The van der Waals surface area contributed by atoms with E-state index in [-0.39, 0.29) is 24.1 Å². The molecule has 0 aromatic heterocycles. The van der Waals surface area contributed by atoms with Gasteiger partial charge in [-0.15, -0.1) is 0 Å². The molecule has 1 saturated heterocycles. The average Bonchev–Trinajstić information content (AvgIpc) is 2.97. The second-order valence-electron chi connectivity index (χ2n) is 5.71. The van der Waals surface area contributed by atoms with Crippen LogP contribution < -0.4 is 10.6 Å². The van der Waals surface area contributed by atoms with Gasteiger partial charge in [0.2, 0.25) is 5.91 Å². The second kappa shape index (κ2) is 5.94. The van der Waals surface area contributed by atoms with Gasteiger partial charge in [0.15, 0.2) is 0 Å². The second-order valence-corrected chi connectivity index (χ2v) is 5.71. The van der Waals surface area contributed by atoms with Crippen molar-refractivity contribution in [2.45, 2.75) is 43.9 Å². The molecular weight excluding hydrogens is 252 g/mol. The summed E-state index contributed by atoms with van der Waals surface area (Å²) >= 11 is 0. The summed E-state index contributed by atoms with van der Waals surface area (Å²) in [6.07, 6.45) is 4.21. The summed E-state index contributed by atoms with van der Waals surface area (Å²) in [5.74, 6) is 0.103. The van der Waals surface area contributed by atoms with Crippen molar-refractivity contribution in [1.29, 1.82) is 0 Å². The minimum Gasteiger partial charge on any atom is -0.380 e. The number of hydrogen-bond donors (Lipinski definition) is 2. The summed E-state index contributed by atoms with van der Waals surface area (Å²) in [5, 5.41) is 6.44. The van der Waals surface area contributed by atoms with Crippen LogP contribution in [0.1, 0.15) is 36.4 Å². The molecule has 0 radical (unpaired) electrons. The maximum absolute atomic E-state index is 12.4. The highest BCUT2D eigenvalue weighted by Crippen LogP contribution is 2.29. The average molecular weight is 274 g/mol. The van der Waals surface area contributed by atoms with E-state index in [1.807, 2.05) is 0 Å². The van der Waals surface area contributed by atoms with Crippen LogP contribution in [0.15, 0.2) is 24.3 Å². The molecule has 3 unspecified atom stereocenters. The predicted molar refractivity (Wildman–Crippen MR) is 77.5 cm³/mol. The number of hydrogen-bond acceptors (Lipinski definition) is 3. The number of methoxy groups -OCH3 is 1. The lowest BCUT2D eigenvalue weighted by molar-refractivity contribution is -0.123. The molecule has 1 aromatic rings. The summed E-state index contributed by atoms with van der Waals surface area (Å²) in [5.41, 5.74) is 2.66. The largest absolute Gasteiger partial charge is 0.380 e. The van der Waals surface area contributed by atoms with Crippen molar-refractivity contribution in [3.05, 3.63) is 35.4 Å². The lowest BCUT2D eigenvalue weighted by Gasteiger charge is -2.27. The smallest absolute Gasteiger partial charge is 0.237 e. The summed E-state index contributed by atoms with van der Waals surface area (Å²) in [7, 11) is 1.70. The molecule has 1 aliphatic heterocycles. The van der Waals surface area contributed by atoms with Crippen molar-refractivity contribution >= 4 is 5.91 Å². The Labute approximate surface area is 119 Å². The van der Waals surface area contributed by atoms with Gasteiger partial charge in [-0.25, -0.2) is 0 Å². The number of carbonyl (C=O) groups is 1. The van der Waals surface area contributed by atoms with Crippen molar-refractivity contribution in [3.8, 4) is 0 Å². The fraction of sp³-hybridized carbons (Fsp3) is 0.562. The van der Waals surface area contributed by atoms with E-state index >= 15 is 0 Å². The highest BCUT2D eigenvalue weighted by atomic mass is 16.5. The van der Waals surface area contributed by atoms with E-state index in [1.54, 1.807) is 7.11 Å². The number of fused-ring (bicyclic) bond motifs is 1. The topological polar surface area (TPSA) is 50.4 Å². The zero-order valence-electron chi connectivity index (χ0n) is 11.9. The van der Waals surface area contributed by atoms with Gasteiger partial charge in [-0.2, -0.15) is 0 Å². The Morgan fingerprint density at radius 1 is 1.40 bits per heavy atom. The van der Waals surface area contributed by atoms with Crippen molar-refractivity contribution in [2.24, 2.45) is 0 Å². The number of nitrogens with one attached hydrogen (secondary N) is 2. The van der Waals surface area contributed by atoms with Gasteiger partial charge in [-0.3, -0.25) is 4.79 Å². The third kappa shape index (κ3) is 2.72. The molecule has 4 nitrogen and oxygen atoms in total. The van der Waals surface area contributed by atoms with Crippen molar-refractivity contribution in [2.75, 3.05) is 13.7 Å². The van der Waals surface area contributed by atoms with Gasteiger partial charge in [0.05, 0.1) is 18.2 Å². The van der Waals surface area contributed by atoms with E-state index < -0.39 is 0 Å². The van der Waals surface area contributed by atoms with Crippen molar-refractivity contribution < 1.29 is 9.53 Å². The SMILES string of the molecule is COC1CNC(C(=O)NC2CCCc3ccccc32)C1. The molecule has 2 aliphatic rings. The first kappa shape index (κ1) is 13.6. The minimum atomic E-state index is -0.117. The van der Waals surface area contributed by atoms with Gasteiger partial charge < -0.3 is 15.4 Å². The highest BCUT2D eigenvalue weighted by Gasteiger charge is 2.31. The van der Waals surface area contributed by atoms with Gasteiger partial charge in [-0.05, 0) is 36.8 Å². The standard InChI is InChI=1S/C16H22N2O2/c1-20-12-9-15(17-10-12)16(19)18-14-8-4-6-11-5-2-3-7-13(11)14/h2-3,5,7,12,14-15,17H,4,6,8-10H2,1H3,(H,18,19). The fourth-order valence-electron chi connectivity index (χ4n) is 3.26. The van der Waals surface area contributed by atoms with Crippen LogP contribution >= 0.6 is 0 Å². The van der Waals surface area contributed by atoms with Gasteiger partial charge in [-0.1, -0.05) is 24.3 Å². The first-order chi connectivity index (χ1) is 9.78. The van der Waals surface area contributed by atoms with E-state index in [1.165, 1.54) is 11.1 Å². The van der Waals surface area contributed by atoms with Crippen LogP contribution in [0.25, 0.3) is 0 Å². The Morgan fingerprint density at radius 3 is 3.05 bits per heavy atom. The number of amides is 1. The molecule has 3 rings (SSSR count). The first-order valence-corrected chi connectivity index (χ1v) is 7.42. The summed E-state index contributed by atoms with van der Waals surface area (Å²) in [6.45, 7) is 0.760. The third-order valence-corrected chi connectivity index (χ3v) is 4.43. The molecule has 0 spiro atoms. The number of ether oxygens (including phenoxy) is 1. The Morgan fingerprint density at radius 2 is 2.25 bits per heavy atom. The van der Waals surface area contributed by atoms with Gasteiger partial charge in [0.1, 0.15) is 0 Å².